The van der Waals surface area contributed by atoms with Crippen molar-refractivity contribution in [3.05, 3.63) is 71.8 Å². The van der Waals surface area contributed by atoms with Crippen molar-refractivity contribution in [1.29, 1.82) is 0 Å². The highest BCUT2D eigenvalue weighted by atomic mass is 127. The molecule has 6 nitrogen and oxygen atoms in total. The van der Waals surface area contributed by atoms with Crippen molar-refractivity contribution >= 4 is 39.8 Å². The molecule has 2 aromatic carbocycles. The number of guanidine groups is 1. The van der Waals surface area contributed by atoms with Crippen LogP contribution in [0.4, 0.5) is 0 Å². The van der Waals surface area contributed by atoms with Crippen LogP contribution in [0.25, 0.3) is 0 Å². The van der Waals surface area contributed by atoms with Crippen molar-refractivity contribution in [2.45, 2.75) is 37.6 Å². The molecule has 32 heavy (non-hydrogen) atoms. The van der Waals surface area contributed by atoms with E-state index in [2.05, 4.69) is 50.9 Å². The molecule has 0 aromatic heterocycles. The zero-order valence-corrected chi connectivity index (χ0v) is 21.9. The lowest BCUT2D eigenvalue weighted by atomic mass is 10.0. The van der Waals surface area contributed by atoms with Crippen LogP contribution in [-0.4, -0.2) is 57.8 Å². The van der Waals surface area contributed by atoms with Crippen LogP contribution in [0.15, 0.2) is 65.7 Å². The minimum Gasteiger partial charge on any atom is -0.356 e. The zero-order chi connectivity index (χ0) is 21.9. The first-order valence-electron chi connectivity index (χ1n) is 11.0. The molecule has 1 heterocycles. The van der Waals surface area contributed by atoms with E-state index in [9.17, 15) is 8.42 Å². The molecule has 3 rings (SSSR count). The molecule has 0 aliphatic carbocycles. The molecule has 8 heteroatoms. The SMILES string of the molecule is CN=C(NCCCS(=O)(=O)Cc1ccccc1)NC1CCN(Cc2ccccc2)CC1.I. The summed E-state index contributed by atoms with van der Waals surface area (Å²) in [4.78, 5) is 6.79. The average molecular weight is 571 g/mol. The fourth-order valence-electron chi connectivity index (χ4n) is 3.86. The Morgan fingerprint density at radius 3 is 2.19 bits per heavy atom. The third kappa shape index (κ3) is 9.46. The van der Waals surface area contributed by atoms with Gasteiger partial charge in [0.05, 0.1) is 11.5 Å². The van der Waals surface area contributed by atoms with Crippen LogP contribution >= 0.6 is 24.0 Å². The van der Waals surface area contributed by atoms with Gasteiger partial charge in [0.15, 0.2) is 15.8 Å². The van der Waals surface area contributed by atoms with Crippen LogP contribution in [0.5, 0.6) is 0 Å². The highest BCUT2D eigenvalue weighted by molar-refractivity contribution is 14.0. The lowest BCUT2D eigenvalue weighted by Gasteiger charge is -2.33. The van der Waals surface area contributed by atoms with Crippen molar-refractivity contribution in [1.82, 2.24) is 15.5 Å². The Labute approximate surface area is 209 Å². The quantitative estimate of drug-likeness (QED) is 0.209. The molecular formula is C24H35IN4O2S. The summed E-state index contributed by atoms with van der Waals surface area (Å²) in [6, 6.07) is 20.3. The van der Waals surface area contributed by atoms with Gasteiger partial charge in [-0.3, -0.25) is 9.89 Å². The van der Waals surface area contributed by atoms with Crippen LogP contribution in [0.1, 0.15) is 30.4 Å². The first-order valence-corrected chi connectivity index (χ1v) is 12.8. The second-order valence-electron chi connectivity index (χ2n) is 8.11. The molecule has 0 saturated carbocycles. The lowest BCUT2D eigenvalue weighted by molar-refractivity contribution is 0.198. The Kier molecular flexibility index (Phi) is 11.5. The second-order valence-corrected chi connectivity index (χ2v) is 10.3. The van der Waals surface area contributed by atoms with Gasteiger partial charge in [-0.1, -0.05) is 60.7 Å². The summed E-state index contributed by atoms with van der Waals surface area (Å²) in [5, 5.41) is 6.76. The molecular weight excluding hydrogens is 535 g/mol. The van der Waals surface area contributed by atoms with Crippen LogP contribution in [0.3, 0.4) is 0 Å². The Hall–Kier alpha value is -1.65. The first kappa shape index (κ1) is 26.6. The number of nitrogens with one attached hydrogen (secondary N) is 2. The predicted octanol–water partition coefficient (Wildman–Crippen LogP) is 3.44. The van der Waals surface area contributed by atoms with Crippen molar-refractivity contribution < 1.29 is 8.42 Å². The molecule has 2 aromatic rings. The highest BCUT2D eigenvalue weighted by Gasteiger charge is 2.20. The van der Waals surface area contributed by atoms with Gasteiger partial charge in [0.1, 0.15) is 0 Å². The smallest absolute Gasteiger partial charge is 0.191 e. The monoisotopic (exact) mass is 570 g/mol. The van der Waals surface area contributed by atoms with E-state index in [4.69, 9.17) is 0 Å². The second kappa shape index (κ2) is 13.8. The van der Waals surface area contributed by atoms with Gasteiger partial charge in [-0.2, -0.15) is 0 Å². The molecule has 0 atom stereocenters. The number of hydrogen-bond donors (Lipinski definition) is 2. The Bertz CT molecular complexity index is 916. The fraction of sp³-hybridized carbons (Fsp3) is 0.458. The van der Waals surface area contributed by atoms with E-state index in [-0.39, 0.29) is 35.5 Å². The minimum absolute atomic E-state index is 0. The lowest BCUT2D eigenvalue weighted by Crippen LogP contribution is -2.48. The number of likely N-dealkylation sites (tertiary alicyclic amines) is 1. The van der Waals surface area contributed by atoms with Gasteiger partial charge in [0.2, 0.25) is 0 Å². The number of sulfone groups is 1. The molecule has 0 unspecified atom stereocenters. The maximum atomic E-state index is 12.3. The van der Waals surface area contributed by atoms with Crippen LogP contribution < -0.4 is 10.6 Å². The Morgan fingerprint density at radius 1 is 1.00 bits per heavy atom. The van der Waals surface area contributed by atoms with Gasteiger partial charge in [-0.15, -0.1) is 24.0 Å². The van der Waals surface area contributed by atoms with E-state index in [0.29, 0.717) is 19.0 Å². The predicted molar refractivity (Wildman–Crippen MR) is 143 cm³/mol. The molecule has 0 spiro atoms. The van der Waals surface area contributed by atoms with E-state index in [1.54, 1.807) is 7.05 Å². The van der Waals surface area contributed by atoms with Gasteiger partial charge in [0, 0.05) is 39.3 Å². The molecule has 1 fully saturated rings. The normalized spacial score (nSPS) is 15.7. The van der Waals surface area contributed by atoms with Crippen LogP contribution in [0.2, 0.25) is 0 Å². The Balaban J connectivity index is 0.00000363. The number of halogens is 1. The van der Waals surface area contributed by atoms with Gasteiger partial charge in [-0.05, 0) is 30.4 Å². The number of hydrogen-bond acceptors (Lipinski definition) is 4. The van der Waals surface area contributed by atoms with E-state index >= 15 is 0 Å². The number of aliphatic imine (C=N–C) groups is 1. The summed E-state index contributed by atoms with van der Waals surface area (Å²) in [5.41, 5.74) is 2.19. The molecule has 1 aliphatic heterocycles. The van der Waals surface area contributed by atoms with Gasteiger partial charge in [-0.25, -0.2) is 8.42 Å². The number of piperidine rings is 1. The Morgan fingerprint density at radius 2 is 1.59 bits per heavy atom. The van der Waals surface area contributed by atoms with Gasteiger partial charge < -0.3 is 10.6 Å². The standard InChI is InChI=1S/C24H34N4O2S.HI/c1-25-24(26-15-8-18-31(29,30)20-22-11-6-3-7-12-22)27-23-13-16-28(17-14-23)19-21-9-4-2-5-10-21;/h2-7,9-12,23H,8,13-20H2,1H3,(H2,25,26,27);1H. The van der Waals surface area contributed by atoms with E-state index < -0.39 is 9.84 Å². The van der Waals surface area contributed by atoms with E-state index in [1.807, 2.05) is 30.3 Å². The number of benzene rings is 2. The third-order valence-electron chi connectivity index (χ3n) is 5.56. The number of nitrogens with zero attached hydrogens (tertiary/aromatic N) is 2. The number of rotatable bonds is 9. The molecule has 0 amide bonds. The van der Waals surface area contributed by atoms with Crippen molar-refractivity contribution in [2.24, 2.45) is 4.99 Å². The third-order valence-corrected chi connectivity index (χ3v) is 7.24. The maximum Gasteiger partial charge on any atom is 0.191 e. The largest absolute Gasteiger partial charge is 0.356 e. The molecule has 176 valence electrons. The first-order chi connectivity index (χ1) is 15.0. The topological polar surface area (TPSA) is 73.8 Å². The summed E-state index contributed by atoms with van der Waals surface area (Å²) in [6.07, 6.45) is 2.70. The average Bonchev–Trinajstić information content (AvgIpc) is 2.78. The summed E-state index contributed by atoms with van der Waals surface area (Å²) >= 11 is 0. The van der Waals surface area contributed by atoms with Gasteiger partial charge >= 0.3 is 0 Å². The van der Waals surface area contributed by atoms with Crippen LogP contribution in [0, 0.1) is 0 Å². The fourth-order valence-corrected chi connectivity index (χ4v) is 5.29. The van der Waals surface area contributed by atoms with E-state index in [1.165, 1.54) is 5.56 Å². The van der Waals surface area contributed by atoms with Crippen molar-refractivity contribution in [2.75, 3.05) is 32.4 Å². The molecule has 1 saturated heterocycles. The maximum absolute atomic E-state index is 12.3. The minimum atomic E-state index is -3.10. The summed E-state index contributed by atoms with van der Waals surface area (Å²) < 4.78 is 24.6. The summed E-state index contributed by atoms with van der Waals surface area (Å²) in [5.74, 6) is 1.02. The molecule has 1 aliphatic rings. The molecule has 0 bridgehead atoms. The zero-order valence-electron chi connectivity index (χ0n) is 18.7. The highest BCUT2D eigenvalue weighted by Crippen LogP contribution is 2.14. The summed E-state index contributed by atoms with van der Waals surface area (Å²) in [7, 11) is -1.35. The molecule has 0 radical (unpaired) electrons. The van der Waals surface area contributed by atoms with Crippen LogP contribution in [-0.2, 0) is 22.1 Å². The molecule has 2 N–H and O–H groups in total. The van der Waals surface area contributed by atoms with Crippen molar-refractivity contribution in [3.63, 3.8) is 0 Å². The van der Waals surface area contributed by atoms with Crippen molar-refractivity contribution in [3.8, 4) is 0 Å². The van der Waals surface area contributed by atoms with Gasteiger partial charge in [0.25, 0.3) is 0 Å². The van der Waals surface area contributed by atoms with E-state index in [0.717, 1.165) is 44.0 Å². The summed E-state index contributed by atoms with van der Waals surface area (Å²) in [6.45, 7) is 3.70.